The predicted molar refractivity (Wildman–Crippen MR) is 120 cm³/mol. The molecule has 1 N–H and O–H groups in total. The Kier molecular flexibility index (Phi) is 8.53. The topological polar surface area (TPSA) is 32.3 Å². The van der Waals surface area contributed by atoms with Crippen molar-refractivity contribution in [1.29, 1.82) is 0 Å². The second kappa shape index (κ2) is 11.1. The van der Waals surface area contributed by atoms with E-state index in [0.717, 1.165) is 49.5 Å². The number of thioether (sulfide) groups is 1. The molecule has 0 saturated carbocycles. The smallest absolute Gasteiger partial charge is 0.224 e. The van der Waals surface area contributed by atoms with E-state index in [0.29, 0.717) is 16.6 Å². The first kappa shape index (κ1) is 21.5. The summed E-state index contributed by atoms with van der Waals surface area (Å²) in [6.07, 6.45) is 2.06. The van der Waals surface area contributed by atoms with E-state index in [1.165, 1.54) is 5.56 Å². The maximum absolute atomic E-state index is 12.5. The largest absolute Gasteiger partial charge is 0.355 e. The summed E-state index contributed by atoms with van der Waals surface area (Å²) >= 11 is 13.8. The minimum atomic E-state index is 0.0949. The lowest BCUT2D eigenvalue weighted by Crippen LogP contribution is -2.43. The lowest BCUT2D eigenvalue weighted by Gasteiger charge is -2.32. The normalized spacial score (nSPS) is 17.4. The Balaban J connectivity index is 1.35. The first-order chi connectivity index (χ1) is 13.6. The molecular weight excluding hydrogens is 411 g/mol. The average molecular weight is 437 g/mol. The van der Waals surface area contributed by atoms with Crippen molar-refractivity contribution in [2.75, 3.05) is 25.4 Å². The number of carbonyl (C=O) groups excluding carboxylic acids is 1. The van der Waals surface area contributed by atoms with E-state index in [-0.39, 0.29) is 11.8 Å². The predicted octanol–water partition coefficient (Wildman–Crippen LogP) is 5.26. The molecule has 1 aliphatic rings. The molecule has 1 fully saturated rings. The molecule has 0 radical (unpaired) electrons. The zero-order valence-corrected chi connectivity index (χ0v) is 18.2. The number of benzene rings is 2. The van der Waals surface area contributed by atoms with E-state index < -0.39 is 0 Å². The number of carbonyl (C=O) groups is 1. The van der Waals surface area contributed by atoms with Gasteiger partial charge in [0.1, 0.15) is 0 Å². The Morgan fingerprint density at radius 2 is 1.93 bits per heavy atom. The summed E-state index contributed by atoms with van der Waals surface area (Å²) in [5.74, 6) is 2.03. The number of nitrogens with zero attached hydrogens (tertiary/aromatic N) is 1. The second-order valence-corrected chi connectivity index (χ2v) is 9.07. The number of piperidine rings is 1. The molecule has 1 aliphatic heterocycles. The highest BCUT2D eigenvalue weighted by Gasteiger charge is 2.25. The van der Waals surface area contributed by atoms with Crippen molar-refractivity contribution in [3.05, 3.63) is 69.7 Å². The molecule has 6 heteroatoms. The van der Waals surface area contributed by atoms with Crippen LogP contribution < -0.4 is 5.32 Å². The molecule has 28 heavy (non-hydrogen) atoms. The molecule has 0 bridgehead atoms. The molecule has 0 spiro atoms. The Labute approximate surface area is 181 Å². The Morgan fingerprint density at radius 1 is 1.11 bits per heavy atom. The number of hydrogen-bond acceptors (Lipinski definition) is 3. The molecule has 1 atom stereocenters. The van der Waals surface area contributed by atoms with Crippen LogP contribution in [0.25, 0.3) is 0 Å². The van der Waals surface area contributed by atoms with Crippen molar-refractivity contribution in [3.8, 4) is 0 Å². The number of hydrogen-bond donors (Lipinski definition) is 1. The Bertz CT molecular complexity index is 772. The molecule has 1 heterocycles. The molecule has 0 aliphatic carbocycles. The summed E-state index contributed by atoms with van der Waals surface area (Å²) in [6, 6.07) is 16.2. The third-order valence-corrected chi connectivity index (χ3v) is 6.69. The van der Waals surface area contributed by atoms with Crippen molar-refractivity contribution in [1.82, 2.24) is 10.2 Å². The van der Waals surface area contributed by atoms with Crippen molar-refractivity contribution < 1.29 is 4.79 Å². The van der Waals surface area contributed by atoms with Crippen LogP contribution in [0.15, 0.2) is 48.5 Å². The van der Waals surface area contributed by atoms with Gasteiger partial charge in [0.05, 0.1) is 16.0 Å². The van der Waals surface area contributed by atoms with Gasteiger partial charge in [-0.25, -0.2) is 0 Å². The fourth-order valence-corrected chi connectivity index (χ4v) is 4.59. The van der Waals surface area contributed by atoms with Crippen molar-refractivity contribution >= 4 is 40.9 Å². The van der Waals surface area contributed by atoms with Crippen LogP contribution in [0.2, 0.25) is 10.0 Å². The number of likely N-dealkylation sites (tertiary alicyclic amines) is 1. The maximum Gasteiger partial charge on any atom is 0.224 e. The maximum atomic E-state index is 12.5. The van der Waals surface area contributed by atoms with E-state index in [9.17, 15) is 4.79 Å². The first-order valence-electron chi connectivity index (χ1n) is 9.67. The van der Waals surface area contributed by atoms with Crippen LogP contribution in [0.1, 0.15) is 24.0 Å². The highest BCUT2D eigenvalue weighted by molar-refractivity contribution is 7.98. The molecule has 2 aromatic rings. The SMILES string of the molecule is O=C(NCCSCc1ccc(Cl)c(Cl)c1)C1CCCN(Cc2ccccc2)C1. The third kappa shape index (κ3) is 6.70. The van der Waals surface area contributed by atoms with Crippen LogP contribution in [0.5, 0.6) is 0 Å². The summed E-state index contributed by atoms with van der Waals surface area (Å²) in [6.45, 7) is 3.53. The van der Waals surface area contributed by atoms with E-state index >= 15 is 0 Å². The number of halogens is 2. The van der Waals surface area contributed by atoms with Crippen LogP contribution in [0.3, 0.4) is 0 Å². The molecule has 1 unspecified atom stereocenters. The molecule has 0 aromatic heterocycles. The minimum absolute atomic E-state index is 0.0949. The van der Waals surface area contributed by atoms with Crippen LogP contribution in [0, 0.1) is 5.92 Å². The summed E-state index contributed by atoms with van der Waals surface area (Å²) in [4.78, 5) is 14.9. The Morgan fingerprint density at radius 3 is 2.71 bits per heavy atom. The van der Waals surface area contributed by atoms with Gasteiger partial charge in [0.25, 0.3) is 0 Å². The monoisotopic (exact) mass is 436 g/mol. The third-order valence-electron chi connectivity index (χ3n) is 4.92. The molecule has 2 aromatic carbocycles. The Hall–Kier alpha value is -1.20. The van der Waals surface area contributed by atoms with Crippen LogP contribution in [-0.2, 0) is 17.1 Å². The van der Waals surface area contributed by atoms with Gasteiger partial charge in [0.15, 0.2) is 0 Å². The highest BCUT2D eigenvalue weighted by Crippen LogP contribution is 2.24. The van der Waals surface area contributed by atoms with Crippen LogP contribution in [0.4, 0.5) is 0 Å². The van der Waals surface area contributed by atoms with Gasteiger partial charge < -0.3 is 5.32 Å². The zero-order chi connectivity index (χ0) is 19.8. The van der Waals surface area contributed by atoms with Crippen LogP contribution >= 0.6 is 35.0 Å². The number of rotatable bonds is 8. The molecule has 3 nitrogen and oxygen atoms in total. The van der Waals surface area contributed by atoms with Gasteiger partial charge in [-0.15, -0.1) is 0 Å². The van der Waals surface area contributed by atoms with Gasteiger partial charge in [0.2, 0.25) is 5.91 Å². The quantitative estimate of drug-likeness (QED) is 0.573. The average Bonchev–Trinajstić information content (AvgIpc) is 2.71. The summed E-state index contributed by atoms with van der Waals surface area (Å²) in [5.41, 5.74) is 2.46. The number of amides is 1. The molecule has 150 valence electrons. The van der Waals surface area contributed by atoms with Gasteiger partial charge in [-0.2, -0.15) is 11.8 Å². The fraction of sp³-hybridized carbons (Fsp3) is 0.409. The van der Waals surface area contributed by atoms with E-state index in [1.807, 2.05) is 24.3 Å². The number of nitrogens with one attached hydrogen (secondary N) is 1. The van der Waals surface area contributed by atoms with Gasteiger partial charge in [-0.1, -0.05) is 59.6 Å². The molecular formula is C22H26Cl2N2OS. The van der Waals surface area contributed by atoms with E-state index in [2.05, 4.69) is 34.5 Å². The lowest BCUT2D eigenvalue weighted by molar-refractivity contribution is -0.126. The second-order valence-electron chi connectivity index (χ2n) is 7.15. The highest BCUT2D eigenvalue weighted by atomic mass is 35.5. The summed E-state index contributed by atoms with van der Waals surface area (Å²) in [5, 5.41) is 4.28. The molecule has 1 saturated heterocycles. The van der Waals surface area contributed by atoms with E-state index in [1.54, 1.807) is 11.8 Å². The fourth-order valence-electron chi connectivity index (χ4n) is 3.46. The van der Waals surface area contributed by atoms with Crippen molar-refractivity contribution in [2.24, 2.45) is 5.92 Å². The summed E-state index contributed by atoms with van der Waals surface area (Å²) < 4.78 is 0. The van der Waals surface area contributed by atoms with Crippen molar-refractivity contribution in [2.45, 2.75) is 25.1 Å². The van der Waals surface area contributed by atoms with Gasteiger partial charge in [-0.3, -0.25) is 9.69 Å². The van der Waals surface area contributed by atoms with Gasteiger partial charge in [-0.05, 0) is 42.6 Å². The minimum Gasteiger partial charge on any atom is -0.355 e. The standard InChI is InChI=1S/C22H26Cl2N2OS/c23-20-9-8-18(13-21(20)24)16-28-12-10-25-22(27)19-7-4-11-26(15-19)14-17-5-2-1-3-6-17/h1-3,5-6,8-9,13,19H,4,7,10-12,14-16H2,(H,25,27). The molecule has 3 rings (SSSR count). The van der Waals surface area contributed by atoms with Gasteiger partial charge >= 0.3 is 0 Å². The molecule has 1 amide bonds. The van der Waals surface area contributed by atoms with E-state index in [4.69, 9.17) is 23.2 Å². The lowest BCUT2D eigenvalue weighted by atomic mass is 9.96. The first-order valence-corrected chi connectivity index (χ1v) is 11.6. The van der Waals surface area contributed by atoms with Gasteiger partial charge in [0, 0.05) is 31.1 Å². The van der Waals surface area contributed by atoms with Crippen LogP contribution in [-0.4, -0.2) is 36.2 Å². The zero-order valence-electron chi connectivity index (χ0n) is 15.9. The summed E-state index contributed by atoms with van der Waals surface area (Å²) in [7, 11) is 0. The van der Waals surface area contributed by atoms with Crippen molar-refractivity contribution in [3.63, 3.8) is 0 Å².